The number of rotatable bonds is 12. The van der Waals surface area contributed by atoms with Crippen molar-refractivity contribution in [1.29, 1.82) is 0 Å². The fourth-order valence-corrected chi connectivity index (χ4v) is 13.5. The predicted octanol–water partition coefficient (Wildman–Crippen LogP) is 8.76. The van der Waals surface area contributed by atoms with Crippen molar-refractivity contribution in [3.8, 4) is 0 Å². The molecular weight excluding hydrogens is 703 g/mol. The van der Waals surface area contributed by atoms with Crippen LogP contribution in [0, 0.1) is 56.2 Å². The zero-order valence-electron chi connectivity index (χ0n) is 36.4. The van der Waals surface area contributed by atoms with Crippen LogP contribution in [-0.2, 0) is 30.5 Å². The molecule has 4 saturated carbocycles. The number of hydrogen-bond acceptors (Lipinski definition) is 7. The molecule has 5 aliphatic carbocycles. The van der Waals surface area contributed by atoms with Gasteiger partial charge in [0.05, 0.1) is 18.4 Å². The highest BCUT2D eigenvalue weighted by Crippen LogP contribution is 2.77. The second kappa shape index (κ2) is 14.9. The van der Waals surface area contributed by atoms with Crippen LogP contribution in [0.5, 0.6) is 0 Å². The Hall–Kier alpha value is -3.07. The lowest BCUT2D eigenvalue weighted by Crippen LogP contribution is -2.65. The van der Waals surface area contributed by atoms with Gasteiger partial charge >= 0.3 is 11.9 Å². The molecule has 5 aliphatic rings. The van der Waals surface area contributed by atoms with E-state index >= 15 is 0 Å². The van der Waals surface area contributed by atoms with Gasteiger partial charge in [-0.05, 0) is 135 Å². The molecule has 8 atom stereocenters. The molecule has 56 heavy (non-hydrogen) atoms. The zero-order valence-corrected chi connectivity index (χ0v) is 36.4. The molecule has 1 aromatic heterocycles. The third-order valence-corrected chi connectivity index (χ3v) is 16.8. The number of allylic oxidation sites excluding steroid dienone is 2. The number of likely N-dealkylation sites (N-methyl/N-ethyl adjacent to an activating group) is 1. The number of ketones is 1. The van der Waals surface area contributed by atoms with E-state index in [1.807, 2.05) is 26.4 Å². The van der Waals surface area contributed by atoms with Crippen molar-refractivity contribution in [2.45, 2.75) is 146 Å². The molecular formula is C47H71N3O6. The molecule has 9 heteroatoms. The highest BCUT2D eigenvalue weighted by Gasteiger charge is 2.70. The normalized spacial score (nSPS) is 35.1. The van der Waals surface area contributed by atoms with Crippen LogP contribution in [0.3, 0.4) is 0 Å². The van der Waals surface area contributed by atoms with Crippen molar-refractivity contribution >= 4 is 23.6 Å². The molecule has 310 valence electrons. The number of carbonyl (C=O) groups excluding carboxylic acids is 3. The van der Waals surface area contributed by atoms with E-state index in [1.54, 1.807) is 24.9 Å². The monoisotopic (exact) mass is 774 g/mol. The van der Waals surface area contributed by atoms with Gasteiger partial charge in [-0.15, -0.1) is 0 Å². The van der Waals surface area contributed by atoms with Gasteiger partial charge in [-0.1, -0.05) is 60.1 Å². The molecule has 1 heterocycles. The van der Waals surface area contributed by atoms with Crippen LogP contribution in [0.1, 0.15) is 139 Å². The van der Waals surface area contributed by atoms with Gasteiger partial charge in [-0.2, -0.15) is 0 Å². The van der Waals surface area contributed by atoms with Crippen molar-refractivity contribution in [1.82, 2.24) is 14.8 Å². The van der Waals surface area contributed by atoms with Gasteiger partial charge in [0.1, 0.15) is 6.10 Å². The number of carboxylic acids is 1. The van der Waals surface area contributed by atoms with Crippen LogP contribution < -0.4 is 0 Å². The largest absolute Gasteiger partial charge is 0.481 e. The lowest BCUT2D eigenvalue weighted by atomic mass is 9.33. The number of amides is 1. The summed E-state index contributed by atoms with van der Waals surface area (Å²) < 4.78 is 6.19. The SMILES string of the molecule is CC(C)C1=C2[C@H]3CC[C@@H]4[C@@]5(C)CC[C@H](OC(=O)CC(C)(C)C(=O)O)C(C)(C)[C@@H]5CC[C@@]4(C)[C@]3(C)CC[C@@]2(CCN(CC(=O)N(C)C)Cc2cccnc2)CC1=O. The molecule has 0 unspecified atom stereocenters. The molecule has 1 N–H and O–H groups in total. The van der Waals surface area contributed by atoms with Gasteiger partial charge < -0.3 is 14.7 Å². The summed E-state index contributed by atoms with van der Waals surface area (Å²) in [5, 5.41) is 9.64. The summed E-state index contributed by atoms with van der Waals surface area (Å²) >= 11 is 0. The molecule has 6 rings (SSSR count). The first-order valence-corrected chi connectivity index (χ1v) is 21.5. The number of fused-ring (bicyclic) bond motifs is 7. The number of carbonyl (C=O) groups is 4. The smallest absolute Gasteiger partial charge is 0.309 e. The maximum Gasteiger partial charge on any atom is 0.309 e. The van der Waals surface area contributed by atoms with Crippen molar-refractivity contribution in [3.05, 3.63) is 41.2 Å². The van der Waals surface area contributed by atoms with Crippen LogP contribution in [0.2, 0.25) is 0 Å². The minimum absolute atomic E-state index is 0.0413. The van der Waals surface area contributed by atoms with Crippen LogP contribution in [0.4, 0.5) is 0 Å². The minimum Gasteiger partial charge on any atom is -0.481 e. The number of aromatic nitrogens is 1. The molecule has 4 fully saturated rings. The lowest BCUT2D eigenvalue weighted by Gasteiger charge is -2.72. The standard InChI is InChI=1S/C47H71N3O6/c1-30(2)39-33(51)25-47(22-24-50(29-37(52)49(10)11)28-31-13-12-23-48-27-31)21-20-45(8)32(40(39)47)14-15-35-44(7)18-17-36(56-38(53)26-42(3,4)41(54)55)43(5,6)34(44)16-19-46(35,45)9/h12-13,23,27,30,32,34-36H,14-22,24-26,28-29H2,1-11H3,(H,54,55)/t32-,34+,35-,36+,44+,45-,46-,47-/m1/s1. The zero-order chi connectivity index (χ0) is 41.2. The third-order valence-electron chi connectivity index (χ3n) is 16.8. The quantitative estimate of drug-likeness (QED) is 0.210. The average molecular weight is 774 g/mol. The topological polar surface area (TPSA) is 117 Å². The summed E-state index contributed by atoms with van der Waals surface area (Å²) in [7, 11) is 3.63. The summed E-state index contributed by atoms with van der Waals surface area (Å²) in [6, 6.07) is 4.02. The predicted molar refractivity (Wildman–Crippen MR) is 218 cm³/mol. The Morgan fingerprint density at radius 3 is 2.30 bits per heavy atom. The van der Waals surface area contributed by atoms with E-state index < -0.39 is 17.4 Å². The van der Waals surface area contributed by atoms with Crippen molar-refractivity contribution in [2.24, 2.45) is 56.2 Å². The van der Waals surface area contributed by atoms with Crippen LogP contribution in [-0.4, -0.2) is 76.8 Å². The van der Waals surface area contributed by atoms with Gasteiger partial charge in [0.2, 0.25) is 5.91 Å². The molecule has 0 aliphatic heterocycles. The molecule has 0 saturated heterocycles. The minimum atomic E-state index is -1.16. The third kappa shape index (κ3) is 7.08. The second-order valence-corrected chi connectivity index (χ2v) is 21.3. The number of pyridine rings is 1. The average Bonchev–Trinajstić information content (AvgIpc) is 3.41. The van der Waals surface area contributed by atoms with Gasteiger partial charge in [0, 0.05) is 50.3 Å². The number of carboxylic acid groups (broad SMARTS) is 1. The Balaban J connectivity index is 1.27. The van der Waals surface area contributed by atoms with E-state index in [9.17, 15) is 24.3 Å². The van der Waals surface area contributed by atoms with E-state index in [0.29, 0.717) is 43.0 Å². The maximum atomic E-state index is 14.3. The van der Waals surface area contributed by atoms with E-state index in [2.05, 4.69) is 64.4 Å². The van der Waals surface area contributed by atoms with Gasteiger partial charge in [-0.3, -0.25) is 29.1 Å². The van der Waals surface area contributed by atoms with Crippen molar-refractivity contribution in [2.75, 3.05) is 27.2 Å². The number of hydrogen-bond donors (Lipinski definition) is 1. The first-order chi connectivity index (χ1) is 26.0. The summed E-state index contributed by atoms with van der Waals surface area (Å²) in [6.07, 6.45) is 13.0. The van der Waals surface area contributed by atoms with Gasteiger partial charge in [0.25, 0.3) is 0 Å². The van der Waals surface area contributed by atoms with Crippen molar-refractivity contribution < 1.29 is 29.0 Å². The lowest BCUT2D eigenvalue weighted by molar-refractivity contribution is -0.233. The fraction of sp³-hybridized carbons (Fsp3) is 0.766. The summed E-state index contributed by atoms with van der Waals surface area (Å²) in [5.41, 5.74) is 2.28. The molecule has 0 bridgehead atoms. The van der Waals surface area contributed by atoms with E-state index in [-0.39, 0.29) is 51.4 Å². The fourth-order valence-electron chi connectivity index (χ4n) is 13.5. The molecule has 9 nitrogen and oxygen atoms in total. The van der Waals surface area contributed by atoms with E-state index in [1.165, 1.54) is 5.57 Å². The summed E-state index contributed by atoms with van der Waals surface area (Å²) in [4.78, 5) is 60.5. The number of esters is 1. The Kier molecular flexibility index (Phi) is 11.4. The number of aliphatic carboxylic acids is 1. The maximum absolute atomic E-state index is 14.3. The second-order valence-electron chi connectivity index (χ2n) is 21.3. The van der Waals surface area contributed by atoms with E-state index in [4.69, 9.17) is 4.74 Å². The molecule has 1 aromatic rings. The summed E-state index contributed by atoms with van der Waals surface area (Å²) in [6.45, 7) is 21.6. The number of ether oxygens (including phenoxy) is 1. The Morgan fingerprint density at radius 2 is 1.68 bits per heavy atom. The first kappa shape index (κ1) is 42.5. The Morgan fingerprint density at radius 1 is 0.964 bits per heavy atom. The Bertz CT molecular complexity index is 1730. The number of Topliss-reactive ketones (excluding diaryl/α,β-unsaturated/α-hetero) is 1. The molecule has 0 spiro atoms. The highest BCUT2D eigenvalue weighted by atomic mass is 16.5. The highest BCUT2D eigenvalue weighted by molar-refractivity contribution is 6.00. The van der Waals surface area contributed by atoms with Gasteiger partial charge in [-0.25, -0.2) is 0 Å². The van der Waals surface area contributed by atoms with Crippen LogP contribution in [0.15, 0.2) is 35.7 Å². The molecule has 0 radical (unpaired) electrons. The van der Waals surface area contributed by atoms with Crippen molar-refractivity contribution in [3.63, 3.8) is 0 Å². The van der Waals surface area contributed by atoms with Gasteiger partial charge in [0.15, 0.2) is 5.78 Å². The molecule has 0 aromatic carbocycles. The van der Waals surface area contributed by atoms with Crippen LogP contribution in [0.25, 0.3) is 0 Å². The van der Waals surface area contributed by atoms with E-state index in [0.717, 1.165) is 75.5 Å². The summed E-state index contributed by atoms with van der Waals surface area (Å²) in [5.74, 6) is 0.423. The molecule has 1 amide bonds. The van der Waals surface area contributed by atoms with Crippen LogP contribution >= 0.6 is 0 Å². The number of nitrogens with zero attached hydrogens (tertiary/aromatic N) is 3. The Labute approximate surface area is 336 Å². The first-order valence-electron chi connectivity index (χ1n) is 21.5.